The van der Waals surface area contributed by atoms with Crippen LogP contribution in [0.2, 0.25) is 5.02 Å². The summed E-state index contributed by atoms with van der Waals surface area (Å²) in [7, 11) is -2.10. The first-order valence-electron chi connectivity index (χ1n) is 6.71. The van der Waals surface area contributed by atoms with E-state index in [0.29, 0.717) is 23.7 Å². The summed E-state index contributed by atoms with van der Waals surface area (Å²) < 4.78 is 31.8. The highest BCUT2D eigenvalue weighted by Crippen LogP contribution is 2.23. The zero-order valence-electron chi connectivity index (χ0n) is 12.5. The molecule has 120 valence electrons. The maximum atomic E-state index is 12.7. The summed E-state index contributed by atoms with van der Waals surface area (Å²) in [5.41, 5.74) is 0.397. The van der Waals surface area contributed by atoms with Crippen LogP contribution in [0.5, 0.6) is 0 Å². The molecule has 0 unspecified atom stereocenters. The summed E-state index contributed by atoms with van der Waals surface area (Å²) in [6.45, 7) is 4.63. The van der Waals surface area contributed by atoms with E-state index >= 15 is 0 Å². The fourth-order valence-corrected chi connectivity index (χ4v) is 3.71. The van der Waals surface area contributed by atoms with Gasteiger partial charge in [-0.15, -0.1) is 0 Å². The van der Waals surface area contributed by atoms with Gasteiger partial charge in [0.15, 0.2) is 0 Å². The van der Waals surface area contributed by atoms with Crippen molar-refractivity contribution in [3.8, 4) is 0 Å². The van der Waals surface area contributed by atoms with E-state index in [1.165, 1.54) is 29.6 Å². The van der Waals surface area contributed by atoms with Gasteiger partial charge < -0.3 is 9.84 Å². The van der Waals surface area contributed by atoms with Crippen molar-refractivity contribution >= 4 is 21.6 Å². The second kappa shape index (κ2) is 8.10. The second-order valence-corrected chi connectivity index (χ2v) is 7.51. The van der Waals surface area contributed by atoms with E-state index in [1.54, 1.807) is 0 Å². The number of aliphatic hydroxyl groups is 1. The molecule has 0 bridgehead atoms. The molecule has 0 saturated carbocycles. The fraction of sp³-hybridized carbons (Fsp3) is 0.571. The average Bonchev–Trinajstić information content (AvgIpc) is 2.43. The number of rotatable bonds is 8. The molecule has 0 saturated heterocycles. The lowest BCUT2D eigenvalue weighted by atomic mass is 10.2. The number of ether oxygens (including phenoxy) is 1. The van der Waals surface area contributed by atoms with Crippen LogP contribution in [-0.4, -0.2) is 44.6 Å². The van der Waals surface area contributed by atoms with Gasteiger partial charge in [0.1, 0.15) is 0 Å². The normalized spacial score (nSPS) is 12.3. The van der Waals surface area contributed by atoms with Gasteiger partial charge in [0, 0.05) is 25.2 Å². The van der Waals surface area contributed by atoms with Gasteiger partial charge in [-0.25, -0.2) is 8.42 Å². The van der Waals surface area contributed by atoms with E-state index in [9.17, 15) is 13.5 Å². The number of sulfonamides is 1. The predicted octanol–water partition coefficient (Wildman–Crippen LogP) is 2.13. The summed E-state index contributed by atoms with van der Waals surface area (Å²) in [6.07, 6.45) is 0. The summed E-state index contributed by atoms with van der Waals surface area (Å²) in [5.74, 6) is 0.196. The molecule has 0 aliphatic heterocycles. The lowest BCUT2D eigenvalue weighted by molar-refractivity contribution is 0.175. The summed E-state index contributed by atoms with van der Waals surface area (Å²) in [6, 6.07) is 4.36. The Balaban J connectivity index is 3.14. The minimum atomic E-state index is -3.63. The molecule has 7 heteroatoms. The fourth-order valence-electron chi connectivity index (χ4n) is 1.89. The van der Waals surface area contributed by atoms with Crippen LogP contribution in [0.1, 0.15) is 19.4 Å². The number of nitrogens with zero attached hydrogens (tertiary/aromatic N) is 1. The van der Waals surface area contributed by atoms with Gasteiger partial charge in [-0.2, -0.15) is 4.31 Å². The smallest absolute Gasteiger partial charge is 0.243 e. The van der Waals surface area contributed by atoms with E-state index in [4.69, 9.17) is 16.3 Å². The molecular formula is C14H22ClNO4S. The lowest BCUT2D eigenvalue weighted by Crippen LogP contribution is -2.36. The Hall–Kier alpha value is -0.660. The van der Waals surface area contributed by atoms with E-state index in [-0.39, 0.29) is 24.0 Å². The molecule has 0 heterocycles. The molecule has 0 aromatic heterocycles. The molecule has 21 heavy (non-hydrogen) atoms. The van der Waals surface area contributed by atoms with Crippen LogP contribution in [-0.2, 0) is 21.4 Å². The minimum Gasteiger partial charge on any atom is -0.392 e. The molecule has 1 aromatic rings. The highest BCUT2D eigenvalue weighted by Gasteiger charge is 2.25. The second-order valence-electron chi connectivity index (χ2n) is 5.16. The number of methoxy groups -OCH3 is 1. The highest BCUT2D eigenvalue weighted by atomic mass is 35.5. The van der Waals surface area contributed by atoms with Crippen LogP contribution in [0, 0.1) is 5.92 Å². The Morgan fingerprint density at radius 3 is 2.57 bits per heavy atom. The first-order valence-corrected chi connectivity index (χ1v) is 8.53. The first kappa shape index (κ1) is 18.4. The van der Waals surface area contributed by atoms with Crippen LogP contribution < -0.4 is 0 Å². The number of halogens is 1. The Morgan fingerprint density at radius 2 is 2.05 bits per heavy atom. The zero-order valence-corrected chi connectivity index (χ0v) is 14.1. The van der Waals surface area contributed by atoms with Crippen molar-refractivity contribution in [2.24, 2.45) is 5.92 Å². The maximum Gasteiger partial charge on any atom is 0.243 e. The summed E-state index contributed by atoms with van der Waals surface area (Å²) in [4.78, 5) is 0.132. The quantitative estimate of drug-likeness (QED) is 0.790. The van der Waals surface area contributed by atoms with Crippen LogP contribution in [0.3, 0.4) is 0 Å². The van der Waals surface area contributed by atoms with Crippen molar-refractivity contribution in [2.45, 2.75) is 25.3 Å². The number of benzene rings is 1. The highest BCUT2D eigenvalue weighted by molar-refractivity contribution is 7.89. The van der Waals surface area contributed by atoms with Crippen molar-refractivity contribution < 1.29 is 18.3 Å². The largest absolute Gasteiger partial charge is 0.392 e. The van der Waals surface area contributed by atoms with Crippen molar-refractivity contribution in [3.63, 3.8) is 0 Å². The van der Waals surface area contributed by atoms with Crippen LogP contribution >= 0.6 is 11.6 Å². The monoisotopic (exact) mass is 335 g/mol. The number of aliphatic hydroxyl groups excluding tert-OH is 1. The minimum absolute atomic E-state index is 0.132. The van der Waals surface area contributed by atoms with Crippen LogP contribution in [0.4, 0.5) is 0 Å². The van der Waals surface area contributed by atoms with E-state index in [0.717, 1.165) is 0 Å². The Morgan fingerprint density at radius 1 is 1.38 bits per heavy atom. The summed E-state index contributed by atoms with van der Waals surface area (Å²) in [5, 5.41) is 9.57. The third kappa shape index (κ3) is 4.93. The zero-order chi connectivity index (χ0) is 16.0. The Labute approximate surface area is 131 Å². The van der Waals surface area contributed by atoms with E-state index < -0.39 is 10.0 Å². The SMILES string of the molecule is COCCN(CC(C)C)S(=O)(=O)c1ccc(Cl)c(CO)c1. The van der Waals surface area contributed by atoms with Gasteiger partial charge in [-0.3, -0.25) is 0 Å². The van der Waals surface area contributed by atoms with Crippen molar-refractivity contribution in [1.29, 1.82) is 0 Å². The molecule has 0 radical (unpaired) electrons. The van der Waals surface area contributed by atoms with Crippen LogP contribution in [0.15, 0.2) is 23.1 Å². The lowest BCUT2D eigenvalue weighted by Gasteiger charge is -2.24. The predicted molar refractivity (Wildman–Crippen MR) is 82.8 cm³/mol. The molecular weight excluding hydrogens is 314 g/mol. The Bertz CT molecular complexity index is 560. The van der Waals surface area contributed by atoms with E-state index in [1.807, 2.05) is 13.8 Å². The molecule has 0 amide bonds. The van der Waals surface area contributed by atoms with Gasteiger partial charge in [0.2, 0.25) is 10.0 Å². The molecule has 0 aliphatic rings. The standard InChI is InChI=1S/C14H22ClNO4S/c1-11(2)9-16(6-7-20-3)21(18,19)13-4-5-14(15)12(8-13)10-17/h4-5,8,11,17H,6-7,9-10H2,1-3H3. The molecule has 0 spiro atoms. The first-order chi connectivity index (χ1) is 9.82. The summed E-state index contributed by atoms with van der Waals surface area (Å²) >= 11 is 5.91. The van der Waals surface area contributed by atoms with Gasteiger partial charge in [-0.1, -0.05) is 25.4 Å². The third-order valence-corrected chi connectivity index (χ3v) is 5.17. The molecule has 1 N–H and O–H groups in total. The van der Waals surface area contributed by atoms with Gasteiger partial charge >= 0.3 is 0 Å². The van der Waals surface area contributed by atoms with Crippen molar-refractivity contribution in [2.75, 3.05) is 26.8 Å². The molecule has 0 fully saturated rings. The van der Waals surface area contributed by atoms with Gasteiger partial charge in [0.25, 0.3) is 0 Å². The van der Waals surface area contributed by atoms with Gasteiger partial charge in [-0.05, 0) is 29.7 Å². The van der Waals surface area contributed by atoms with Crippen LogP contribution in [0.25, 0.3) is 0 Å². The third-order valence-electron chi connectivity index (χ3n) is 2.94. The molecule has 5 nitrogen and oxygen atoms in total. The van der Waals surface area contributed by atoms with E-state index in [2.05, 4.69) is 0 Å². The average molecular weight is 336 g/mol. The molecule has 1 rings (SSSR count). The molecule has 0 aliphatic carbocycles. The van der Waals surface area contributed by atoms with Crippen molar-refractivity contribution in [3.05, 3.63) is 28.8 Å². The number of hydrogen-bond donors (Lipinski definition) is 1. The van der Waals surface area contributed by atoms with Gasteiger partial charge in [0.05, 0.1) is 18.1 Å². The molecule has 1 aromatic carbocycles. The number of hydrogen-bond acceptors (Lipinski definition) is 4. The van der Waals surface area contributed by atoms with Crippen molar-refractivity contribution in [1.82, 2.24) is 4.31 Å². The maximum absolute atomic E-state index is 12.7. The topological polar surface area (TPSA) is 66.8 Å². The molecule has 0 atom stereocenters. The Kier molecular flexibility index (Phi) is 7.09.